The van der Waals surface area contributed by atoms with Crippen LogP contribution in [-0.4, -0.2) is 26.4 Å². The van der Waals surface area contributed by atoms with Gasteiger partial charge in [-0.15, -0.1) is 0 Å². The molecule has 2 N–H and O–H groups in total. The topological polar surface area (TPSA) is 62.9 Å². The van der Waals surface area contributed by atoms with Crippen molar-refractivity contribution in [3.63, 3.8) is 0 Å². The van der Waals surface area contributed by atoms with Crippen LogP contribution in [0.4, 0.5) is 5.69 Å². The summed E-state index contributed by atoms with van der Waals surface area (Å²) >= 11 is 0. The summed E-state index contributed by atoms with van der Waals surface area (Å²) in [5.74, 6) is 1.85. The molecule has 0 aromatic heterocycles. The van der Waals surface area contributed by atoms with Crippen LogP contribution in [-0.2, 0) is 9.47 Å². The summed E-state index contributed by atoms with van der Waals surface area (Å²) < 4.78 is 22.8. The second-order valence-corrected chi connectivity index (χ2v) is 5.83. The summed E-state index contributed by atoms with van der Waals surface area (Å²) in [6, 6.07) is 3.75. The Morgan fingerprint density at radius 1 is 1.23 bits per heavy atom. The molecule has 22 heavy (non-hydrogen) atoms. The van der Waals surface area contributed by atoms with Crippen LogP contribution in [0.2, 0.25) is 0 Å². The molecule has 124 valence electrons. The molecule has 0 aliphatic carbocycles. The number of benzene rings is 1. The van der Waals surface area contributed by atoms with Gasteiger partial charge in [-0.2, -0.15) is 0 Å². The molecule has 1 aliphatic rings. The van der Waals surface area contributed by atoms with Crippen molar-refractivity contribution in [3.8, 4) is 11.5 Å². The first kappa shape index (κ1) is 16.9. The van der Waals surface area contributed by atoms with E-state index >= 15 is 0 Å². The summed E-state index contributed by atoms with van der Waals surface area (Å²) in [4.78, 5) is 0. The smallest absolute Gasteiger partial charge is 0.184 e. The molecule has 1 aromatic rings. The first-order valence-electron chi connectivity index (χ1n) is 8.04. The lowest BCUT2D eigenvalue weighted by Crippen LogP contribution is -2.18. The molecule has 0 atom stereocenters. The Labute approximate surface area is 132 Å². The van der Waals surface area contributed by atoms with Crippen molar-refractivity contribution in [3.05, 3.63) is 17.7 Å². The van der Waals surface area contributed by atoms with E-state index in [-0.39, 0.29) is 6.29 Å². The number of hydrogen-bond donors (Lipinski definition) is 1. The quantitative estimate of drug-likeness (QED) is 0.781. The van der Waals surface area contributed by atoms with Crippen LogP contribution in [0.5, 0.6) is 11.5 Å². The predicted molar refractivity (Wildman–Crippen MR) is 86.2 cm³/mol. The third-order valence-electron chi connectivity index (χ3n) is 3.45. The first-order chi connectivity index (χ1) is 10.6. The van der Waals surface area contributed by atoms with E-state index < -0.39 is 0 Å². The van der Waals surface area contributed by atoms with Crippen molar-refractivity contribution in [1.29, 1.82) is 0 Å². The van der Waals surface area contributed by atoms with E-state index in [0.29, 0.717) is 49.5 Å². The van der Waals surface area contributed by atoms with E-state index in [4.69, 9.17) is 24.7 Å². The average molecular weight is 309 g/mol. The van der Waals surface area contributed by atoms with E-state index in [1.807, 2.05) is 19.1 Å². The van der Waals surface area contributed by atoms with Gasteiger partial charge in [0.1, 0.15) is 0 Å². The van der Waals surface area contributed by atoms with Gasteiger partial charge in [0.25, 0.3) is 0 Å². The van der Waals surface area contributed by atoms with Crippen LogP contribution >= 0.6 is 0 Å². The van der Waals surface area contributed by atoms with Gasteiger partial charge in [-0.05, 0) is 37.8 Å². The van der Waals surface area contributed by atoms with Crippen LogP contribution in [0.3, 0.4) is 0 Å². The molecule has 0 bridgehead atoms. The molecular weight excluding hydrogens is 282 g/mol. The average Bonchev–Trinajstić information content (AvgIpc) is 2.50. The normalized spacial score (nSPS) is 16.0. The van der Waals surface area contributed by atoms with Crippen LogP contribution in [0, 0.1) is 5.92 Å². The standard InChI is InChI=1S/C17H27NO4/c1-4-19-15-11-13(17-21-7-5-8-22-17)10-14(18)16(15)20-9-6-12(2)3/h10-12,17H,4-9,18H2,1-3H3. The van der Waals surface area contributed by atoms with Crippen LogP contribution in [0.1, 0.15) is 45.5 Å². The van der Waals surface area contributed by atoms with Gasteiger partial charge in [-0.25, -0.2) is 0 Å². The lowest BCUT2D eigenvalue weighted by atomic mass is 10.1. The molecule has 1 heterocycles. The monoisotopic (exact) mass is 309 g/mol. The van der Waals surface area contributed by atoms with Crippen LogP contribution in [0.15, 0.2) is 12.1 Å². The van der Waals surface area contributed by atoms with Gasteiger partial charge in [0, 0.05) is 5.56 Å². The first-order valence-corrected chi connectivity index (χ1v) is 8.04. The maximum absolute atomic E-state index is 6.16. The third-order valence-corrected chi connectivity index (χ3v) is 3.45. The van der Waals surface area contributed by atoms with Crippen molar-refractivity contribution in [1.82, 2.24) is 0 Å². The molecule has 0 radical (unpaired) electrons. The highest BCUT2D eigenvalue weighted by Gasteiger charge is 2.21. The van der Waals surface area contributed by atoms with Crippen molar-refractivity contribution in [2.75, 3.05) is 32.2 Å². The van der Waals surface area contributed by atoms with E-state index in [0.717, 1.165) is 18.4 Å². The minimum atomic E-state index is -0.375. The minimum Gasteiger partial charge on any atom is -0.490 e. The Morgan fingerprint density at radius 3 is 2.59 bits per heavy atom. The van der Waals surface area contributed by atoms with Gasteiger partial charge in [-0.3, -0.25) is 0 Å². The van der Waals surface area contributed by atoms with E-state index in [1.54, 1.807) is 0 Å². The van der Waals surface area contributed by atoms with E-state index in [1.165, 1.54) is 0 Å². The number of nitrogen functional groups attached to an aromatic ring is 1. The molecule has 1 fully saturated rings. The molecular formula is C17H27NO4. The van der Waals surface area contributed by atoms with Gasteiger partial charge < -0.3 is 24.7 Å². The zero-order valence-electron chi connectivity index (χ0n) is 13.8. The number of ether oxygens (including phenoxy) is 4. The number of hydrogen-bond acceptors (Lipinski definition) is 5. The van der Waals surface area contributed by atoms with Crippen LogP contribution < -0.4 is 15.2 Å². The molecule has 1 aliphatic heterocycles. The van der Waals surface area contributed by atoms with Gasteiger partial charge >= 0.3 is 0 Å². The van der Waals surface area contributed by atoms with Crippen molar-refractivity contribution < 1.29 is 18.9 Å². The molecule has 5 heteroatoms. The Morgan fingerprint density at radius 2 is 1.95 bits per heavy atom. The highest BCUT2D eigenvalue weighted by molar-refractivity contribution is 5.62. The fourth-order valence-corrected chi connectivity index (χ4v) is 2.28. The summed E-state index contributed by atoms with van der Waals surface area (Å²) in [5, 5.41) is 0. The second kappa shape index (κ2) is 8.25. The Kier molecular flexibility index (Phi) is 6.34. The predicted octanol–water partition coefficient (Wildman–Crippen LogP) is 3.53. The Hall–Kier alpha value is -1.46. The minimum absolute atomic E-state index is 0.375. The molecule has 0 spiro atoms. The number of nitrogens with two attached hydrogens (primary N) is 1. The largest absolute Gasteiger partial charge is 0.490 e. The van der Waals surface area contributed by atoms with Crippen molar-refractivity contribution in [2.45, 2.75) is 39.9 Å². The lowest BCUT2D eigenvalue weighted by Gasteiger charge is -2.25. The van der Waals surface area contributed by atoms with E-state index in [2.05, 4.69) is 13.8 Å². The lowest BCUT2D eigenvalue weighted by molar-refractivity contribution is -0.183. The molecule has 1 aromatic carbocycles. The zero-order valence-corrected chi connectivity index (χ0v) is 13.8. The summed E-state index contributed by atoms with van der Waals surface area (Å²) in [6.07, 6.45) is 1.52. The zero-order chi connectivity index (χ0) is 15.9. The van der Waals surface area contributed by atoms with Gasteiger partial charge in [-0.1, -0.05) is 13.8 Å². The molecule has 1 saturated heterocycles. The highest BCUT2D eigenvalue weighted by atomic mass is 16.7. The fourth-order valence-electron chi connectivity index (χ4n) is 2.28. The number of anilines is 1. The Bertz CT molecular complexity index is 470. The highest BCUT2D eigenvalue weighted by Crippen LogP contribution is 2.38. The molecule has 0 amide bonds. The Balaban J connectivity index is 2.17. The molecule has 0 unspecified atom stereocenters. The number of rotatable bonds is 7. The van der Waals surface area contributed by atoms with E-state index in [9.17, 15) is 0 Å². The van der Waals surface area contributed by atoms with Crippen molar-refractivity contribution in [2.24, 2.45) is 5.92 Å². The molecule has 5 nitrogen and oxygen atoms in total. The summed E-state index contributed by atoms with van der Waals surface area (Å²) in [6.45, 7) is 8.83. The fraction of sp³-hybridized carbons (Fsp3) is 0.647. The third kappa shape index (κ3) is 4.52. The molecule has 0 saturated carbocycles. The van der Waals surface area contributed by atoms with Crippen LogP contribution in [0.25, 0.3) is 0 Å². The maximum atomic E-state index is 6.16. The van der Waals surface area contributed by atoms with Gasteiger partial charge in [0.05, 0.1) is 32.1 Å². The van der Waals surface area contributed by atoms with Gasteiger partial charge in [0.2, 0.25) is 0 Å². The molecule has 2 rings (SSSR count). The maximum Gasteiger partial charge on any atom is 0.184 e. The second-order valence-electron chi connectivity index (χ2n) is 5.83. The summed E-state index contributed by atoms with van der Waals surface area (Å²) in [5.41, 5.74) is 7.59. The SMILES string of the molecule is CCOc1cc(C2OCCCO2)cc(N)c1OCCC(C)C. The van der Waals surface area contributed by atoms with Gasteiger partial charge in [0.15, 0.2) is 17.8 Å². The summed E-state index contributed by atoms with van der Waals surface area (Å²) in [7, 11) is 0. The van der Waals surface area contributed by atoms with Crippen molar-refractivity contribution >= 4 is 5.69 Å².